The van der Waals surface area contributed by atoms with E-state index < -0.39 is 10.0 Å². The number of aryl methyl sites for hydroxylation is 1. The van der Waals surface area contributed by atoms with E-state index >= 15 is 0 Å². The monoisotopic (exact) mass is 453 g/mol. The number of aromatic hydroxyl groups is 1. The van der Waals surface area contributed by atoms with Crippen LogP contribution < -0.4 is 4.72 Å². The van der Waals surface area contributed by atoms with Gasteiger partial charge in [-0.1, -0.05) is 35.9 Å². The van der Waals surface area contributed by atoms with Gasteiger partial charge in [0.1, 0.15) is 9.96 Å². The predicted molar refractivity (Wildman–Crippen MR) is 109 cm³/mol. The van der Waals surface area contributed by atoms with Crippen molar-refractivity contribution >= 4 is 61.2 Å². The number of benzene rings is 2. The summed E-state index contributed by atoms with van der Waals surface area (Å²) in [5.41, 5.74) is 0.329. The molecule has 0 spiro atoms. The summed E-state index contributed by atoms with van der Waals surface area (Å²) in [7, 11) is -2.16. The van der Waals surface area contributed by atoms with Crippen LogP contribution in [-0.2, 0) is 17.1 Å². The first-order valence-electron chi connectivity index (χ1n) is 7.78. The van der Waals surface area contributed by atoms with Crippen molar-refractivity contribution in [3.05, 3.63) is 46.8 Å². The molecule has 0 aliphatic carbocycles. The van der Waals surface area contributed by atoms with Crippen molar-refractivity contribution in [2.75, 3.05) is 4.72 Å². The Kier molecular flexibility index (Phi) is 4.91. The number of thiophene rings is 1. The Morgan fingerprint density at radius 2 is 1.96 bits per heavy atom. The van der Waals surface area contributed by atoms with Gasteiger partial charge in [-0.15, -0.1) is 16.4 Å². The Hall–Kier alpha value is -2.34. The summed E-state index contributed by atoms with van der Waals surface area (Å²) in [6.07, 6.45) is 0. The lowest BCUT2D eigenvalue weighted by Gasteiger charge is -2.14. The largest absolute Gasteiger partial charge is 0.506 e. The van der Waals surface area contributed by atoms with Gasteiger partial charge in [-0.05, 0) is 40.4 Å². The molecule has 4 aromatic rings. The summed E-state index contributed by atoms with van der Waals surface area (Å²) in [5.74, 6) is 0.0192. The third-order valence-corrected chi connectivity index (χ3v) is 7.97. The highest BCUT2D eigenvalue weighted by molar-refractivity contribution is 7.99. The number of aromatic nitrogens is 4. The van der Waals surface area contributed by atoms with Gasteiger partial charge in [0, 0.05) is 17.8 Å². The third kappa shape index (κ3) is 3.53. The summed E-state index contributed by atoms with van der Waals surface area (Å²) in [6, 6.07) is 11.5. The zero-order chi connectivity index (χ0) is 19.9. The van der Waals surface area contributed by atoms with Crippen molar-refractivity contribution in [1.29, 1.82) is 0 Å². The fourth-order valence-corrected chi connectivity index (χ4v) is 5.92. The number of nitrogens with zero attached hydrogens (tertiary/aromatic N) is 4. The van der Waals surface area contributed by atoms with E-state index in [2.05, 4.69) is 20.2 Å². The predicted octanol–water partition coefficient (Wildman–Crippen LogP) is 3.74. The summed E-state index contributed by atoms with van der Waals surface area (Å²) < 4.78 is 30.0. The van der Waals surface area contributed by atoms with E-state index in [1.807, 2.05) is 0 Å². The number of hydrogen-bond donors (Lipinski definition) is 2. The molecule has 0 saturated heterocycles. The molecule has 0 radical (unpaired) electrons. The minimum Gasteiger partial charge on any atom is -0.506 e. The van der Waals surface area contributed by atoms with Crippen molar-refractivity contribution in [1.82, 2.24) is 20.2 Å². The van der Waals surface area contributed by atoms with Gasteiger partial charge in [0.25, 0.3) is 10.0 Å². The fraction of sp³-hybridized carbons (Fsp3) is 0.0625. The summed E-state index contributed by atoms with van der Waals surface area (Å²) in [4.78, 5) is 0.415. The van der Waals surface area contributed by atoms with Gasteiger partial charge >= 0.3 is 0 Å². The van der Waals surface area contributed by atoms with E-state index in [1.54, 1.807) is 37.4 Å². The van der Waals surface area contributed by atoms with Crippen LogP contribution in [0.3, 0.4) is 0 Å². The lowest BCUT2D eigenvalue weighted by molar-refractivity contribution is 0.469. The highest BCUT2D eigenvalue weighted by atomic mass is 35.5. The Labute approximate surface area is 173 Å². The summed E-state index contributed by atoms with van der Waals surface area (Å²) in [5, 5.41) is 23.4. The van der Waals surface area contributed by atoms with Crippen LogP contribution in [0.25, 0.3) is 10.8 Å². The number of sulfonamides is 1. The van der Waals surface area contributed by atoms with Gasteiger partial charge < -0.3 is 5.11 Å². The number of halogens is 1. The second-order valence-corrected chi connectivity index (χ2v) is 10.3. The number of tetrazole rings is 1. The maximum atomic E-state index is 12.8. The molecule has 2 N–H and O–H groups in total. The first kappa shape index (κ1) is 19.0. The molecule has 2 aromatic heterocycles. The van der Waals surface area contributed by atoms with Crippen LogP contribution in [0.5, 0.6) is 5.75 Å². The lowest BCUT2D eigenvalue weighted by Crippen LogP contribution is -2.12. The molecule has 144 valence electrons. The number of phenolic OH excluding ortho intramolecular Hbond substituents is 1. The van der Waals surface area contributed by atoms with Gasteiger partial charge in [-0.2, -0.15) is 0 Å². The van der Waals surface area contributed by atoms with Crippen LogP contribution in [0.4, 0.5) is 5.69 Å². The molecular formula is C16H12ClN5O3S3. The first-order chi connectivity index (χ1) is 13.3. The fourth-order valence-electron chi connectivity index (χ4n) is 2.54. The molecule has 4 rings (SSSR count). The van der Waals surface area contributed by atoms with Crippen LogP contribution >= 0.6 is 34.7 Å². The van der Waals surface area contributed by atoms with Gasteiger partial charge in [-0.3, -0.25) is 4.72 Å². The molecule has 0 amide bonds. The molecule has 0 aliphatic heterocycles. The van der Waals surface area contributed by atoms with E-state index in [-0.39, 0.29) is 9.96 Å². The molecule has 0 unspecified atom stereocenters. The Morgan fingerprint density at radius 3 is 2.61 bits per heavy atom. The van der Waals surface area contributed by atoms with E-state index in [0.717, 1.165) is 23.1 Å². The molecule has 2 aromatic carbocycles. The van der Waals surface area contributed by atoms with Crippen LogP contribution in [-0.4, -0.2) is 33.7 Å². The number of hydrogen-bond acceptors (Lipinski definition) is 8. The van der Waals surface area contributed by atoms with Crippen molar-refractivity contribution < 1.29 is 13.5 Å². The standard InChI is InChI=1S/C16H12ClN5O3S3/c1-22-16(18-20-21-22)26-12-8-11(9-4-2-3-5-10(9)15(12)23)19-28(24,25)14-7-6-13(17)27-14/h2-8,19,23H,1H3. The van der Waals surface area contributed by atoms with Gasteiger partial charge in [0.05, 0.1) is 14.9 Å². The number of phenols is 1. The quantitative estimate of drug-likeness (QED) is 0.443. The number of anilines is 1. The summed E-state index contributed by atoms with van der Waals surface area (Å²) in [6.45, 7) is 0. The van der Waals surface area contributed by atoms with Gasteiger partial charge in [0.15, 0.2) is 0 Å². The molecule has 2 heterocycles. The van der Waals surface area contributed by atoms with Gasteiger partial charge in [-0.25, -0.2) is 13.1 Å². The van der Waals surface area contributed by atoms with Gasteiger partial charge in [0.2, 0.25) is 5.16 Å². The zero-order valence-corrected chi connectivity index (χ0v) is 17.4. The summed E-state index contributed by atoms with van der Waals surface area (Å²) >= 11 is 7.96. The van der Waals surface area contributed by atoms with Crippen molar-refractivity contribution in [3.63, 3.8) is 0 Å². The lowest BCUT2D eigenvalue weighted by atomic mass is 10.1. The molecule has 0 fully saturated rings. The highest BCUT2D eigenvalue weighted by Gasteiger charge is 2.21. The maximum Gasteiger partial charge on any atom is 0.271 e. The number of fused-ring (bicyclic) bond motifs is 1. The molecule has 0 bridgehead atoms. The molecule has 8 nitrogen and oxygen atoms in total. The van der Waals surface area contributed by atoms with Crippen molar-refractivity contribution in [2.24, 2.45) is 7.05 Å². The average molecular weight is 454 g/mol. The number of nitrogens with one attached hydrogen (secondary N) is 1. The Bertz CT molecular complexity index is 1290. The van der Waals surface area contributed by atoms with Crippen molar-refractivity contribution in [2.45, 2.75) is 14.3 Å². The maximum absolute atomic E-state index is 12.8. The molecular weight excluding hydrogens is 442 g/mol. The van der Waals surface area contributed by atoms with E-state index in [0.29, 0.717) is 30.8 Å². The highest BCUT2D eigenvalue weighted by Crippen LogP contribution is 2.42. The molecule has 28 heavy (non-hydrogen) atoms. The second kappa shape index (κ2) is 7.24. The first-order valence-corrected chi connectivity index (χ1v) is 11.3. The van der Waals surface area contributed by atoms with E-state index in [1.165, 1.54) is 16.8 Å². The minimum atomic E-state index is -3.84. The topological polar surface area (TPSA) is 110 Å². The Morgan fingerprint density at radius 1 is 1.21 bits per heavy atom. The normalized spacial score (nSPS) is 11.8. The van der Waals surface area contributed by atoms with Crippen molar-refractivity contribution in [3.8, 4) is 5.75 Å². The average Bonchev–Trinajstić information content (AvgIpc) is 3.28. The smallest absolute Gasteiger partial charge is 0.271 e. The molecule has 0 aliphatic rings. The number of rotatable bonds is 5. The zero-order valence-electron chi connectivity index (χ0n) is 14.2. The van der Waals surface area contributed by atoms with E-state index in [9.17, 15) is 13.5 Å². The molecule has 12 heteroatoms. The minimum absolute atomic E-state index is 0.0192. The molecule has 0 atom stereocenters. The second-order valence-electron chi connectivity index (χ2n) is 5.67. The van der Waals surface area contributed by atoms with Crippen LogP contribution in [0.2, 0.25) is 4.34 Å². The van der Waals surface area contributed by atoms with Crippen LogP contribution in [0, 0.1) is 0 Å². The third-order valence-electron chi connectivity index (χ3n) is 3.82. The Balaban J connectivity index is 1.83. The van der Waals surface area contributed by atoms with E-state index in [4.69, 9.17) is 11.6 Å². The van der Waals surface area contributed by atoms with Crippen LogP contribution in [0.1, 0.15) is 0 Å². The van der Waals surface area contributed by atoms with Crippen LogP contribution in [0.15, 0.2) is 56.7 Å². The SMILES string of the molecule is Cn1nnnc1Sc1cc(NS(=O)(=O)c2ccc(Cl)s2)c2ccccc2c1O. The molecule has 0 saturated carbocycles.